The first kappa shape index (κ1) is 18.1. The van der Waals surface area contributed by atoms with Crippen LogP contribution in [-0.4, -0.2) is 44.6 Å². The number of hydrogen-bond donors (Lipinski definition) is 0. The van der Waals surface area contributed by atoms with E-state index in [1.165, 1.54) is 4.80 Å². The molecular weight excluding hydrogens is 380 g/mol. The van der Waals surface area contributed by atoms with E-state index < -0.39 is 0 Å². The van der Waals surface area contributed by atoms with E-state index in [4.69, 9.17) is 11.6 Å². The number of aromatic nitrogens is 3. The molecule has 138 valence electrons. The molecule has 0 saturated carbocycles. The van der Waals surface area contributed by atoms with Gasteiger partial charge in [0.25, 0.3) is 5.91 Å². The standard InChI is InChI=1S/C20H19ClN4OS/c21-17-9-5-4-8-16(17)19-10-11-24(12-13-27-19)20(26)18-14-22-25(23-18)15-6-2-1-3-7-15/h1-9,14,19H,10-13H2. The highest BCUT2D eigenvalue weighted by Gasteiger charge is 2.25. The number of para-hydroxylation sites is 1. The molecule has 0 N–H and O–H groups in total. The molecule has 2 heterocycles. The first-order valence-corrected chi connectivity index (χ1v) is 10.3. The fourth-order valence-electron chi connectivity index (χ4n) is 3.17. The SMILES string of the molecule is O=C(c1cnn(-c2ccccc2)n1)N1CCSC(c2ccccc2Cl)CC1. The molecule has 0 bridgehead atoms. The predicted molar refractivity (Wildman–Crippen MR) is 109 cm³/mol. The van der Waals surface area contributed by atoms with E-state index in [9.17, 15) is 4.79 Å². The Morgan fingerprint density at radius 1 is 1.07 bits per heavy atom. The average Bonchev–Trinajstić information content (AvgIpc) is 3.07. The van der Waals surface area contributed by atoms with Gasteiger partial charge in [0.1, 0.15) is 0 Å². The van der Waals surface area contributed by atoms with E-state index in [1.54, 1.807) is 6.20 Å². The van der Waals surface area contributed by atoms with Crippen molar-refractivity contribution in [2.45, 2.75) is 11.7 Å². The minimum Gasteiger partial charge on any atom is -0.336 e. The molecule has 1 saturated heterocycles. The lowest BCUT2D eigenvalue weighted by molar-refractivity contribution is 0.0760. The van der Waals surface area contributed by atoms with Crippen LogP contribution in [-0.2, 0) is 0 Å². The van der Waals surface area contributed by atoms with Crippen LogP contribution in [0.25, 0.3) is 5.69 Å². The van der Waals surface area contributed by atoms with Crippen molar-refractivity contribution in [3.05, 3.63) is 77.1 Å². The fourth-order valence-corrected chi connectivity index (χ4v) is 4.77. The molecule has 27 heavy (non-hydrogen) atoms. The Labute approximate surface area is 167 Å². The third-order valence-corrected chi connectivity index (χ3v) is 6.23. The number of halogens is 1. The van der Waals surface area contributed by atoms with Gasteiger partial charge in [-0.15, -0.1) is 5.10 Å². The lowest BCUT2D eigenvalue weighted by atomic mass is 10.1. The van der Waals surface area contributed by atoms with Crippen molar-refractivity contribution < 1.29 is 4.79 Å². The summed E-state index contributed by atoms with van der Waals surface area (Å²) in [5.41, 5.74) is 2.36. The zero-order valence-corrected chi connectivity index (χ0v) is 16.2. The molecule has 2 aromatic carbocycles. The van der Waals surface area contributed by atoms with Crippen LogP contribution in [0.15, 0.2) is 60.8 Å². The van der Waals surface area contributed by atoms with Crippen molar-refractivity contribution >= 4 is 29.3 Å². The third kappa shape index (κ3) is 4.01. The maximum Gasteiger partial charge on any atom is 0.276 e. The summed E-state index contributed by atoms with van der Waals surface area (Å²) in [7, 11) is 0. The highest BCUT2D eigenvalue weighted by atomic mass is 35.5. The molecule has 1 amide bonds. The van der Waals surface area contributed by atoms with Gasteiger partial charge in [-0.05, 0) is 30.2 Å². The topological polar surface area (TPSA) is 51.0 Å². The van der Waals surface area contributed by atoms with Crippen LogP contribution in [0.4, 0.5) is 0 Å². The van der Waals surface area contributed by atoms with Crippen LogP contribution in [0.3, 0.4) is 0 Å². The fraction of sp³-hybridized carbons (Fsp3) is 0.250. The van der Waals surface area contributed by atoms with Crippen LogP contribution >= 0.6 is 23.4 Å². The Kier molecular flexibility index (Phi) is 5.45. The summed E-state index contributed by atoms with van der Waals surface area (Å²) >= 11 is 8.20. The van der Waals surface area contributed by atoms with Crippen LogP contribution < -0.4 is 0 Å². The van der Waals surface area contributed by atoms with Crippen molar-refractivity contribution in [3.63, 3.8) is 0 Å². The van der Waals surface area contributed by atoms with Crippen molar-refractivity contribution in [2.75, 3.05) is 18.8 Å². The molecule has 0 spiro atoms. The van der Waals surface area contributed by atoms with Crippen molar-refractivity contribution in [1.82, 2.24) is 19.9 Å². The Balaban J connectivity index is 1.46. The van der Waals surface area contributed by atoms with Gasteiger partial charge in [0, 0.05) is 29.1 Å². The number of rotatable bonds is 3. The number of carbonyl (C=O) groups excluding carboxylic acids is 1. The molecule has 1 aliphatic heterocycles. The summed E-state index contributed by atoms with van der Waals surface area (Å²) in [6.45, 7) is 1.38. The van der Waals surface area contributed by atoms with E-state index in [-0.39, 0.29) is 5.91 Å². The number of carbonyl (C=O) groups is 1. The van der Waals surface area contributed by atoms with Gasteiger partial charge in [0.15, 0.2) is 5.69 Å². The second-order valence-corrected chi connectivity index (χ2v) is 8.03. The zero-order valence-electron chi connectivity index (χ0n) is 14.7. The van der Waals surface area contributed by atoms with Gasteiger partial charge in [-0.25, -0.2) is 0 Å². The van der Waals surface area contributed by atoms with Crippen molar-refractivity contribution in [3.8, 4) is 5.69 Å². The highest BCUT2D eigenvalue weighted by molar-refractivity contribution is 7.99. The quantitative estimate of drug-likeness (QED) is 0.662. The summed E-state index contributed by atoms with van der Waals surface area (Å²) in [6, 6.07) is 17.5. The maximum atomic E-state index is 12.9. The molecule has 3 aromatic rings. The van der Waals surface area contributed by atoms with Crippen LogP contribution in [0.5, 0.6) is 0 Å². The lowest BCUT2D eigenvalue weighted by Gasteiger charge is -2.19. The molecule has 1 aromatic heterocycles. The van der Waals surface area contributed by atoms with Gasteiger partial charge in [-0.2, -0.15) is 21.7 Å². The van der Waals surface area contributed by atoms with Gasteiger partial charge in [-0.3, -0.25) is 4.79 Å². The molecule has 0 aliphatic carbocycles. The van der Waals surface area contributed by atoms with E-state index in [1.807, 2.05) is 65.2 Å². The van der Waals surface area contributed by atoms with Crippen LogP contribution in [0.2, 0.25) is 5.02 Å². The molecule has 7 heteroatoms. The monoisotopic (exact) mass is 398 g/mol. The predicted octanol–water partition coefficient (Wildman–Crippen LogP) is 4.24. The van der Waals surface area contributed by atoms with E-state index in [2.05, 4.69) is 16.3 Å². The van der Waals surface area contributed by atoms with Gasteiger partial charge < -0.3 is 4.90 Å². The minimum absolute atomic E-state index is 0.0717. The van der Waals surface area contributed by atoms with Crippen LogP contribution in [0.1, 0.15) is 27.7 Å². The van der Waals surface area contributed by atoms with Crippen molar-refractivity contribution in [1.29, 1.82) is 0 Å². The molecule has 1 fully saturated rings. The molecule has 1 atom stereocenters. The number of nitrogens with zero attached hydrogens (tertiary/aromatic N) is 4. The normalized spacial score (nSPS) is 17.5. The molecule has 0 radical (unpaired) electrons. The minimum atomic E-state index is -0.0717. The second-order valence-electron chi connectivity index (χ2n) is 6.32. The van der Waals surface area contributed by atoms with Gasteiger partial charge >= 0.3 is 0 Å². The smallest absolute Gasteiger partial charge is 0.276 e. The summed E-state index contributed by atoms with van der Waals surface area (Å²) in [5.74, 6) is 0.798. The Bertz CT molecular complexity index is 930. The molecular formula is C20H19ClN4OS. The average molecular weight is 399 g/mol. The van der Waals surface area contributed by atoms with Gasteiger partial charge in [0.05, 0.1) is 11.9 Å². The number of hydrogen-bond acceptors (Lipinski definition) is 4. The number of thioether (sulfide) groups is 1. The second kappa shape index (κ2) is 8.15. The summed E-state index contributed by atoms with van der Waals surface area (Å²) in [4.78, 5) is 16.2. The third-order valence-electron chi connectivity index (χ3n) is 4.58. The molecule has 4 rings (SSSR count). The number of amides is 1. The first-order valence-electron chi connectivity index (χ1n) is 8.85. The Morgan fingerprint density at radius 2 is 1.85 bits per heavy atom. The summed E-state index contributed by atoms with van der Waals surface area (Å²) < 4.78 is 0. The van der Waals surface area contributed by atoms with E-state index in [0.29, 0.717) is 24.0 Å². The van der Waals surface area contributed by atoms with Gasteiger partial charge in [-0.1, -0.05) is 48.0 Å². The number of benzene rings is 2. The van der Waals surface area contributed by atoms with Crippen molar-refractivity contribution in [2.24, 2.45) is 0 Å². The largest absolute Gasteiger partial charge is 0.336 e. The molecule has 1 unspecified atom stereocenters. The van der Waals surface area contributed by atoms with E-state index >= 15 is 0 Å². The molecule has 1 aliphatic rings. The van der Waals surface area contributed by atoms with E-state index in [0.717, 1.165) is 28.4 Å². The Morgan fingerprint density at radius 3 is 2.67 bits per heavy atom. The van der Waals surface area contributed by atoms with Crippen LogP contribution in [0, 0.1) is 0 Å². The summed E-state index contributed by atoms with van der Waals surface area (Å²) in [5, 5.41) is 9.69. The zero-order chi connectivity index (χ0) is 18.6. The lowest BCUT2D eigenvalue weighted by Crippen LogP contribution is -2.33. The maximum absolute atomic E-state index is 12.9. The highest BCUT2D eigenvalue weighted by Crippen LogP contribution is 2.37. The summed E-state index contributed by atoms with van der Waals surface area (Å²) in [6.07, 6.45) is 2.41. The Hall–Kier alpha value is -2.31. The van der Waals surface area contributed by atoms with Gasteiger partial charge in [0.2, 0.25) is 0 Å². The first-order chi connectivity index (χ1) is 13.2. The molecule has 5 nitrogen and oxygen atoms in total.